The second-order valence-corrected chi connectivity index (χ2v) is 3.95. The van der Waals surface area contributed by atoms with Crippen LogP contribution in [-0.2, 0) is 5.75 Å². The van der Waals surface area contributed by atoms with Gasteiger partial charge in [0.05, 0.1) is 0 Å². The predicted molar refractivity (Wildman–Crippen MR) is 58.6 cm³/mol. The first-order chi connectivity index (χ1) is 6.77. The molecule has 1 aromatic heterocycles. The fourth-order valence-electron chi connectivity index (χ4n) is 0.975. The Hall–Kier alpha value is -1.23. The molecule has 1 rings (SSSR count). The summed E-state index contributed by atoms with van der Waals surface area (Å²) in [4.78, 5) is 3.99. The van der Waals surface area contributed by atoms with Gasteiger partial charge in [0, 0.05) is 11.9 Å². The number of amidine groups is 1. The fourth-order valence-corrected chi connectivity index (χ4v) is 1.59. The largest absolute Gasteiger partial charge is 0.409 e. The summed E-state index contributed by atoms with van der Waals surface area (Å²) in [5, 5.41) is 11.4. The van der Waals surface area contributed by atoms with E-state index in [1.54, 1.807) is 6.20 Å². The van der Waals surface area contributed by atoms with Crippen LogP contribution in [0.25, 0.3) is 0 Å². The molecule has 0 bridgehead atoms. The monoisotopic (exact) mass is 211 g/mol. The first-order valence-electron chi connectivity index (χ1n) is 4.28. The van der Waals surface area contributed by atoms with E-state index >= 15 is 0 Å². The molecule has 0 saturated heterocycles. The molecule has 0 saturated carbocycles. The molecule has 1 aromatic rings. The highest BCUT2D eigenvalue weighted by molar-refractivity contribution is 7.98. The molecule has 0 aliphatic heterocycles. The summed E-state index contributed by atoms with van der Waals surface area (Å²) >= 11 is 1.82. The van der Waals surface area contributed by atoms with Gasteiger partial charge in [-0.15, -0.1) is 0 Å². The summed E-state index contributed by atoms with van der Waals surface area (Å²) in [5.74, 6) is 2.04. The molecule has 76 valence electrons. The lowest BCUT2D eigenvalue weighted by Gasteiger charge is -2.01. The molecular formula is C9H13N3OS. The first-order valence-corrected chi connectivity index (χ1v) is 5.44. The molecule has 0 radical (unpaired) electrons. The van der Waals surface area contributed by atoms with Crippen LogP contribution >= 0.6 is 11.8 Å². The van der Waals surface area contributed by atoms with Gasteiger partial charge in [0.2, 0.25) is 0 Å². The zero-order valence-corrected chi connectivity index (χ0v) is 8.79. The number of nitrogens with zero attached hydrogens (tertiary/aromatic N) is 2. The van der Waals surface area contributed by atoms with E-state index in [0.29, 0.717) is 5.69 Å². The SMILES string of the molecule is CCSCc1ccnc(C(N)=NO)c1. The molecule has 1 heterocycles. The number of nitrogens with two attached hydrogens (primary N) is 1. The highest BCUT2D eigenvalue weighted by Crippen LogP contribution is 2.11. The molecule has 5 heteroatoms. The Morgan fingerprint density at radius 1 is 1.71 bits per heavy atom. The van der Waals surface area contributed by atoms with Crippen molar-refractivity contribution in [2.45, 2.75) is 12.7 Å². The summed E-state index contributed by atoms with van der Waals surface area (Å²) in [6, 6.07) is 3.76. The van der Waals surface area contributed by atoms with Gasteiger partial charge in [0.15, 0.2) is 5.84 Å². The minimum atomic E-state index is 0.0494. The third kappa shape index (κ3) is 2.92. The van der Waals surface area contributed by atoms with E-state index in [4.69, 9.17) is 10.9 Å². The Kier molecular flexibility index (Phi) is 4.25. The number of pyridine rings is 1. The Bertz CT molecular complexity index is 328. The lowest BCUT2D eigenvalue weighted by atomic mass is 10.2. The summed E-state index contributed by atoms with van der Waals surface area (Å²) in [6.07, 6.45) is 1.67. The number of hydrogen-bond donors (Lipinski definition) is 2. The number of rotatable bonds is 4. The number of hydrogen-bond acceptors (Lipinski definition) is 4. The smallest absolute Gasteiger partial charge is 0.188 e. The van der Waals surface area contributed by atoms with E-state index in [9.17, 15) is 0 Å². The van der Waals surface area contributed by atoms with Crippen molar-refractivity contribution in [3.8, 4) is 0 Å². The molecule has 0 unspecified atom stereocenters. The van der Waals surface area contributed by atoms with Crippen LogP contribution in [0.4, 0.5) is 0 Å². The fraction of sp³-hybridized carbons (Fsp3) is 0.333. The number of thioether (sulfide) groups is 1. The topological polar surface area (TPSA) is 71.5 Å². The van der Waals surface area contributed by atoms with Crippen LogP contribution in [0.15, 0.2) is 23.5 Å². The Balaban J connectivity index is 2.79. The lowest BCUT2D eigenvalue weighted by molar-refractivity contribution is 0.318. The van der Waals surface area contributed by atoms with E-state index in [2.05, 4.69) is 17.1 Å². The highest BCUT2D eigenvalue weighted by atomic mass is 32.2. The van der Waals surface area contributed by atoms with E-state index in [0.717, 1.165) is 17.1 Å². The second kappa shape index (κ2) is 5.49. The molecule has 0 aromatic carbocycles. The third-order valence-electron chi connectivity index (χ3n) is 1.67. The molecular weight excluding hydrogens is 198 g/mol. The van der Waals surface area contributed by atoms with Gasteiger partial charge in [-0.05, 0) is 23.4 Å². The molecule has 3 N–H and O–H groups in total. The molecule has 0 amide bonds. The summed E-state index contributed by atoms with van der Waals surface area (Å²) in [6.45, 7) is 2.11. The normalized spacial score (nSPS) is 11.6. The van der Waals surface area contributed by atoms with Crippen molar-refractivity contribution < 1.29 is 5.21 Å². The maximum atomic E-state index is 8.47. The maximum Gasteiger partial charge on any atom is 0.188 e. The average molecular weight is 211 g/mol. The minimum absolute atomic E-state index is 0.0494. The van der Waals surface area contributed by atoms with Crippen molar-refractivity contribution in [1.82, 2.24) is 4.98 Å². The van der Waals surface area contributed by atoms with E-state index in [-0.39, 0.29) is 5.84 Å². The van der Waals surface area contributed by atoms with Crippen molar-refractivity contribution in [3.63, 3.8) is 0 Å². The zero-order chi connectivity index (χ0) is 10.4. The van der Waals surface area contributed by atoms with Gasteiger partial charge in [-0.3, -0.25) is 4.98 Å². The molecule has 0 spiro atoms. The molecule has 0 atom stereocenters. The molecule has 0 aliphatic carbocycles. The van der Waals surface area contributed by atoms with Crippen LogP contribution in [0.2, 0.25) is 0 Å². The molecule has 0 aliphatic rings. The molecule has 4 nitrogen and oxygen atoms in total. The van der Waals surface area contributed by atoms with Crippen LogP contribution in [0.3, 0.4) is 0 Å². The maximum absolute atomic E-state index is 8.47. The van der Waals surface area contributed by atoms with Crippen LogP contribution in [0.5, 0.6) is 0 Å². The van der Waals surface area contributed by atoms with Crippen molar-refractivity contribution in [3.05, 3.63) is 29.6 Å². The van der Waals surface area contributed by atoms with Crippen molar-refractivity contribution in [2.24, 2.45) is 10.9 Å². The predicted octanol–water partition coefficient (Wildman–Crippen LogP) is 1.43. The van der Waals surface area contributed by atoms with Gasteiger partial charge in [-0.2, -0.15) is 11.8 Å². The van der Waals surface area contributed by atoms with Crippen LogP contribution in [0, 0.1) is 0 Å². The van der Waals surface area contributed by atoms with Crippen LogP contribution < -0.4 is 5.73 Å². The van der Waals surface area contributed by atoms with Crippen molar-refractivity contribution >= 4 is 17.6 Å². The Labute approximate surface area is 87.2 Å². The first kappa shape index (κ1) is 10.8. The van der Waals surface area contributed by atoms with Gasteiger partial charge >= 0.3 is 0 Å². The standard InChI is InChI=1S/C9H13N3OS/c1-2-14-6-7-3-4-11-8(5-7)9(10)12-13/h3-5,13H,2,6H2,1H3,(H2,10,12). The van der Waals surface area contributed by atoms with Gasteiger partial charge in [0.1, 0.15) is 5.69 Å². The third-order valence-corrected chi connectivity index (χ3v) is 2.61. The van der Waals surface area contributed by atoms with Crippen LogP contribution in [-0.4, -0.2) is 21.8 Å². The van der Waals surface area contributed by atoms with E-state index in [1.807, 2.05) is 23.9 Å². The quantitative estimate of drug-likeness (QED) is 0.342. The van der Waals surface area contributed by atoms with E-state index < -0.39 is 0 Å². The Morgan fingerprint density at radius 3 is 3.14 bits per heavy atom. The summed E-state index contributed by atoms with van der Waals surface area (Å²) in [5.41, 5.74) is 7.07. The summed E-state index contributed by atoms with van der Waals surface area (Å²) in [7, 11) is 0. The summed E-state index contributed by atoms with van der Waals surface area (Å²) < 4.78 is 0. The van der Waals surface area contributed by atoms with Gasteiger partial charge in [-0.1, -0.05) is 12.1 Å². The number of oxime groups is 1. The lowest BCUT2D eigenvalue weighted by Crippen LogP contribution is -2.15. The molecule has 14 heavy (non-hydrogen) atoms. The van der Waals surface area contributed by atoms with Gasteiger partial charge in [-0.25, -0.2) is 0 Å². The van der Waals surface area contributed by atoms with Crippen LogP contribution in [0.1, 0.15) is 18.2 Å². The van der Waals surface area contributed by atoms with Gasteiger partial charge < -0.3 is 10.9 Å². The van der Waals surface area contributed by atoms with Crippen molar-refractivity contribution in [2.75, 3.05) is 5.75 Å². The Morgan fingerprint density at radius 2 is 2.50 bits per heavy atom. The second-order valence-electron chi connectivity index (χ2n) is 2.67. The highest BCUT2D eigenvalue weighted by Gasteiger charge is 2.01. The molecule has 0 fully saturated rings. The minimum Gasteiger partial charge on any atom is -0.409 e. The van der Waals surface area contributed by atoms with Gasteiger partial charge in [0.25, 0.3) is 0 Å². The van der Waals surface area contributed by atoms with E-state index in [1.165, 1.54) is 0 Å². The zero-order valence-electron chi connectivity index (χ0n) is 7.97. The van der Waals surface area contributed by atoms with Crippen molar-refractivity contribution in [1.29, 1.82) is 0 Å². The average Bonchev–Trinajstić information content (AvgIpc) is 2.25. The number of aromatic nitrogens is 1.